The molecule has 0 aromatic carbocycles. The number of pyridine rings is 1. The van der Waals surface area contributed by atoms with Crippen molar-refractivity contribution in [3.05, 3.63) is 23.4 Å². The van der Waals surface area contributed by atoms with Crippen LogP contribution >= 0.6 is 0 Å². The molecule has 58 valence electrons. The van der Waals surface area contributed by atoms with E-state index < -0.39 is 0 Å². The zero-order valence-corrected chi connectivity index (χ0v) is 6.59. The van der Waals surface area contributed by atoms with E-state index in [2.05, 4.69) is 10.3 Å². The number of aryl methyl sites for hydroxylation is 2. The van der Waals surface area contributed by atoms with Gasteiger partial charge in [0.25, 0.3) is 0 Å². The van der Waals surface area contributed by atoms with Crippen LogP contribution in [0.25, 0.3) is 0 Å². The number of amides is 1. The van der Waals surface area contributed by atoms with Gasteiger partial charge < -0.3 is 5.32 Å². The highest BCUT2D eigenvalue weighted by Gasteiger charge is 1.96. The second kappa shape index (κ2) is 3.14. The first-order valence-corrected chi connectivity index (χ1v) is 3.38. The molecule has 3 heteroatoms. The molecule has 11 heavy (non-hydrogen) atoms. The van der Waals surface area contributed by atoms with E-state index in [0.717, 1.165) is 11.3 Å². The Labute approximate surface area is 65.5 Å². The maximum atomic E-state index is 10.1. The van der Waals surface area contributed by atoms with Crippen LogP contribution in [0.5, 0.6) is 0 Å². The van der Waals surface area contributed by atoms with Crippen LogP contribution in [0, 0.1) is 13.8 Å². The molecule has 1 heterocycles. The molecule has 0 unspecified atom stereocenters. The highest BCUT2D eigenvalue weighted by atomic mass is 16.1. The molecule has 1 N–H and O–H groups in total. The Bertz CT molecular complexity index is 271. The SMILES string of the molecule is Cc1ccc(C)c(NC=O)n1. The predicted octanol–water partition coefficient (Wildman–Crippen LogP) is 1.27. The van der Waals surface area contributed by atoms with E-state index in [1.54, 1.807) is 0 Å². The number of carbonyl (C=O) groups is 1. The van der Waals surface area contributed by atoms with Crippen LogP contribution in [0.1, 0.15) is 11.3 Å². The van der Waals surface area contributed by atoms with Gasteiger partial charge in [-0.1, -0.05) is 6.07 Å². The van der Waals surface area contributed by atoms with Crippen molar-refractivity contribution in [2.75, 3.05) is 5.32 Å². The number of hydrogen-bond donors (Lipinski definition) is 1. The van der Waals surface area contributed by atoms with Gasteiger partial charge >= 0.3 is 0 Å². The number of carbonyl (C=O) groups excluding carboxylic acids is 1. The van der Waals surface area contributed by atoms with Crippen LogP contribution in [-0.4, -0.2) is 11.4 Å². The Morgan fingerprint density at radius 1 is 1.45 bits per heavy atom. The third kappa shape index (κ3) is 1.77. The molecule has 0 aliphatic rings. The summed E-state index contributed by atoms with van der Waals surface area (Å²) in [6.07, 6.45) is 0.634. The summed E-state index contributed by atoms with van der Waals surface area (Å²) >= 11 is 0. The number of nitrogens with zero attached hydrogens (tertiary/aromatic N) is 1. The Hall–Kier alpha value is -1.38. The zero-order chi connectivity index (χ0) is 8.27. The van der Waals surface area contributed by atoms with Crippen LogP contribution < -0.4 is 5.32 Å². The summed E-state index contributed by atoms with van der Waals surface area (Å²) in [5.74, 6) is 0.639. The minimum Gasteiger partial charge on any atom is -0.313 e. The average Bonchev–Trinajstić information content (AvgIpc) is 1.98. The lowest BCUT2D eigenvalue weighted by atomic mass is 10.2. The molecule has 1 aromatic heterocycles. The number of aromatic nitrogens is 1. The maximum absolute atomic E-state index is 10.1. The van der Waals surface area contributed by atoms with Gasteiger partial charge in [0.05, 0.1) is 0 Å². The highest BCUT2D eigenvalue weighted by molar-refractivity contribution is 5.70. The fourth-order valence-corrected chi connectivity index (χ4v) is 0.828. The first kappa shape index (κ1) is 7.72. The summed E-state index contributed by atoms with van der Waals surface area (Å²) in [7, 11) is 0. The summed E-state index contributed by atoms with van der Waals surface area (Å²) in [4.78, 5) is 14.2. The van der Waals surface area contributed by atoms with Crippen molar-refractivity contribution in [3.63, 3.8) is 0 Å². The van der Waals surface area contributed by atoms with E-state index in [4.69, 9.17) is 0 Å². The predicted molar refractivity (Wildman–Crippen MR) is 43.4 cm³/mol. The lowest BCUT2D eigenvalue weighted by Crippen LogP contribution is -1.99. The van der Waals surface area contributed by atoms with Crippen molar-refractivity contribution >= 4 is 12.2 Å². The lowest BCUT2D eigenvalue weighted by molar-refractivity contribution is -0.105. The Balaban J connectivity index is 3.01. The smallest absolute Gasteiger partial charge is 0.212 e. The molecule has 1 amide bonds. The van der Waals surface area contributed by atoms with Gasteiger partial charge in [0.2, 0.25) is 6.41 Å². The summed E-state index contributed by atoms with van der Waals surface area (Å²) < 4.78 is 0. The van der Waals surface area contributed by atoms with E-state index in [-0.39, 0.29) is 0 Å². The Kier molecular flexibility index (Phi) is 2.21. The molecule has 1 aromatic rings. The standard InChI is InChI=1S/C8H10N2O/c1-6-3-4-7(2)10-8(6)9-5-11/h3-5H,1-2H3,(H,9,10,11). The van der Waals surface area contributed by atoms with Crippen molar-refractivity contribution in [2.24, 2.45) is 0 Å². The van der Waals surface area contributed by atoms with E-state index in [1.807, 2.05) is 26.0 Å². The van der Waals surface area contributed by atoms with Crippen molar-refractivity contribution < 1.29 is 4.79 Å². The molecule has 0 spiro atoms. The summed E-state index contributed by atoms with van der Waals surface area (Å²) in [6, 6.07) is 3.83. The molecule has 0 saturated heterocycles. The van der Waals surface area contributed by atoms with Crippen molar-refractivity contribution in [3.8, 4) is 0 Å². The Morgan fingerprint density at radius 2 is 2.18 bits per heavy atom. The second-order valence-electron chi connectivity index (χ2n) is 2.38. The first-order chi connectivity index (χ1) is 5.24. The molecule has 0 radical (unpaired) electrons. The van der Waals surface area contributed by atoms with Crippen molar-refractivity contribution in [2.45, 2.75) is 13.8 Å². The van der Waals surface area contributed by atoms with Gasteiger partial charge in [-0.15, -0.1) is 0 Å². The quantitative estimate of drug-likeness (QED) is 0.645. The van der Waals surface area contributed by atoms with Crippen LogP contribution in [0.3, 0.4) is 0 Å². The Morgan fingerprint density at radius 3 is 2.82 bits per heavy atom. The zero-order valence-electron chi connectivity index (χ0n) is 6.59. The monoisotopic (exact) mass is 150 g/mol. The van der Waals surface area contributed by atoms with Gasteiger partial charge in [-0.3, -0.25) is 4.79 Å². The fraction of sp³-hybridized carbons (Fsp3) is 0.250. The third-order valence-corrected chi connectivity index (χ3v) is 1.43. The summed E-state index contributed by atoms with van der Waals surface area (Å²) in [5.41, 5.74) is 1.88. The van der Waals surface area contributed by atoms with Crippen LogP contribution in [0.15, 0.2) is 12.1 Å². The maximum Gasteiger partial charge on any atom is 0.212 e. The number of anilines is 1. The van der Waals surface area contributed by atoms with E-state index in [1.165, 1.54) is 0 Å². The molecular formula is C8H10N2O. The first-order valence-electron chi connectivity index (χ1n) is 3.38. The minimum absolute atomic E-state index is 0.634. The highest BCUT2D eigenvalue weighted by Crippen LogP contribution is 2.09. The molecule has 3 nitrogen and oxygen atoms in total. The van der Waals surface area contributed by atoms with Crippen LogP contribution in [0.2, 0.25) is 0 Å². The topological polar surface area (TPSA) is 42.0 Å². The van der Waals surface area contributed by atoms with Crippen LogP contribution in [0.4, 0.5) is 5.82 Å². The van der Waals surface area contributed by atoms with E-state index in [0.29, 0.717) is 12.2 Å². The van der Waals surface area contributed by atoms with Gasteiger partial charge in [-0.05, 0) is 25.5 Å². The largest absolute Gasteiger partial charge is 0.313 e. The normalized spacial score (nSPS) is 9.27. The van der Waals surface area contributed by atoms with Gasteiger partial charge in [0.1, 0.15) is 5.82 Å². The van der Waals surface area contributed by atoms with Crippen LogP contribution in [-0.2, 0) is 4.79 Å². The van der Waals surface area contributed by atoms with E-state index >= 15 is 0 Å². The summed E-state index contributed by atoms with van der Waals surface area (Å²) in [5, 5.41) is 2.52. The molecule has 1 rings (SSSR count). The molecule has 0 aliphatic heterocycles. The van der Waals surface area contributed by atoms with Gasteiger partial charge in [0.15, 0.2) is 0 Å². The van der Waals surface area contributed by atoms with Gasteiger partial charge in [-0.2, -0.15) is 0 Å². The molecule has 0 saturated carbocycles. The van der Waals surface area contributed by atoms with Gasteiger partial charge in [0, 0.05) is 5.69 Å². The molecular weight excluding hydrogens is 140 g/mol. The summed E-state index contributed by atoms with van der Waals surface area (Å²) in [6.45, 7) is 3.79. The number of nitrogens with one attached hydrogen (secondary N) is 1. The average molecular weight is 150 g/mol. The second-order valence-corrected chi connectivity index (χ2v) is 2.38. The molecule has 0 fully saturated rings. The lowest BCUT2D eigenvalue weighted by Gasteiger charge is -2.02. The van der Waals surface area contributed by atoms with Gasteiger partial charge in [-0.25, -0.2) is 4.98 Å². The molecule has 0 aliphatic carbocycles. The molecule has 0 atom stereocenters. The third-order valence-electron chi connectivity index (χ3n) is 1.43. The van der Waals surface area contributed by atoms with E-state index in [9.17, 15) is 4.79 Å². The minimum atomic E-state index is 0.634. The van der Waals surface area contributed by atoms with Crippen molar-refractivity contribution in [1.82, 2.24) is 4.98 Å². The number of hydrogen-bond acceptors (Lipinski definition) is 2. The van der Waals surface area contributed by atoms with Crippen molar-refractivity contribution in [1.29, 1.82) is 0 Å². The number of rotatable bonds is 2. The fourth-order valence-electron chi connectivity index (χ4n) is 0.828. The molecule has 0 bridgehead atoms.